The third-order valence-corrected chi connectivity index (χ3v) is 5.04. The van der Waals surface area contributed by atoms with Gasteiger partial charge in [-0.1, -0.05) is 17.7 Å². The maximum Gasteiger partial charge on any atom is 0.261 e. The number of unbranched alkanes of at least 4 members (excludes halogenated alkanes) is 1. The van der Waals surface area contributed by atoms with E-state index in [9.17, 15) is 13.2 Å². The number of rotatable bonds is 8. The lowest BCUT2D eigenvalue weighted by atomic mass is 10.2. The van der Waals surface area contributed by atoms with Crippen molar-refractivity contribution in [3.05, 3.63) is 59.7 Å². The van der Waals surface area contributed by atoms with Crippen LogP contribution < -0.4 is 15.8 Å². The normalized spacial score (nSPS) is 11.1. The fourth-order valence-electron chi connectivity index (χ4n) is 2.19. The Morgan fingerprint density at radius 1 is 1.00 bits per heavy atom. The molecule has 0 saturated carbocycles. The van der Waals surface area contributed by atoms with Crippen molar-refractivity contribution in [2.24, 2.45) is 5.73 Å². The summed E-state index contributed by atoms with van der Waals surface area (Å²) in [6, 6.07) is 12.9. The van der Waals surface area contributed by atoms with Crippen LogP contribution in [0.15, 0.2) is 53.4 Å². The number of aryl methyl sites for hydroxylation is 1. The number of hydrogen-bond donors (Lipinski definition) is 3. The molecule has 134 valence electrons. The van der Waals surface area contributed by atoms with E-state index in [0.29, 0.717) is 24.3 Å². The van der Waals surface area contributed by atoms with Crippen molar-refractivity contribution in [2.45, 2.75) is 24.7 Å². The molecular weight excluding hydrogens is 338 g/mol. The lowest BCUT2D eigenvalue weighted by Crippen LogP contribution is -2.25. The van der Waals surface area contributed by atoms with E-state index in [1.165, 1.54) is 24.3 Å². The van der Waals surface area contributed by atoms with Crippen LogP contribution in [-0.2, 0) is 10.0 Å². The van der Waals surface area contributed by atoms with Crippen molar-refractivity contribution in [1.29, 1.82) is 0 Å². The van der Waals surface area contributed by atoms with Crippen molar-refractivity contribution >= 4 is 21.6 Å². The number of nitrogens with one attached hydrogen (secondary N) is 2. The Hall–Kier alpha value is -2.38. The Labute approximate surface area is 148 Å². The van der Waals surface area contributed by atoms with Gasteiger partial charge in [-0.3, -0.25) is 9.52 Å². The van der Waals surface area contributed by atoms with Gasteiger partial charge in [0.25, 0.3) is 15.9 Å². The van der Waals surface area contributed by atoms with Gasteiger partial charge in [0.15, 0.2) is 0 Å². The fraction of sp³-hybridized carbons (Fsp3) is 0.278. The molecule has 0 fully saturated rings. The van der Waals surface area contributed by atoms with E-state index in [0.717, 1.165) is 18.4 Å². The van der Waals surface area contributed by atoms with Gasteiger partial charge in [0.05, 0.1) is 4.90 Å². The maximum absolute atomic E-state index is 12.4. The molecule has 0 aliphatic heterocycles. The third-order valence-electron chi connectivity index (χ3n) is 3.65. The summed E-state index contributed by atoms with van der Waals surface area (Å²) in [4.78, 5) is 12.1. The largest absolute Gasteiger partial charge is 0.352 e. The van der Waals surface area contributed by atoms with Gasteiger partial charge in [-0.05, 0) is 62.7 Å². The number of nitrogens with two attached hydrogens (primary N) is 1. The number of carbonyl (C=O) groups is 1. The van der Waals surface area contributed by atoms with Gasteiger partial charge < -0.3 is 11.1 Å². The standard InChI is InChI=1S/C18H23N3O3S/c1-14-4-8-16(9-5-14)21-25(23,24)17-10-6-15(7-11-17)18(22)20-13-3-2-12-19/h4-11,21H,2-3,12-13,19H2,1H3,(H,20,22). The summed E-state index contributed by atoms with van der Waals surface area (Å²) in [6.07, 6.45) is 1.66. The minimum Gasteiger partial charge on any atom is -0.352 e. The molecule has 1 amide bonds. The average molecular weight is 361 g/mol. The average Bonchev–Trinajstić information content (AvgIpc) is 2.60. The highest BCUT2D eigenvalue weighted by molar-refractivity contribution is 7.92. The minimum atomic E-state index is -3.69. The minimum absolute atomic E-state index is 0.104. The summed E-state index contributed by atoms with van der Waals surface area (Å²) in [5.74, 6) is -0.229. The fourth-order valence-corrected chi connectivity index (χ4v) is 3.25. The number of anilines is 1. The molecule has 0 aromatic heterocycles. The molecule has 0 atom stereocenters. The second-order valence-electron chi connectivity index (χ2n) is 5.75. The van der Waals surface area contributed by atoms with E-state index in [1.807, 2.05) is 19.1 Å². The lowest BCUT2D eigenvalue weighted by Gasteiger charge is -2.09. The zero-order valence-corrected chi connectivity index (χ0v) is 15.0. The Morgan fingerprint density at radius 2 is 1.64 bits per heavy atom. The number of sulfonamides is 1. The summed E-state index contributed by atoms with van der Waals surface area (Å²) >= 11 is 0. The van der Waals surface area contributed by atoms with Crippen molar-refractivity contribution < 1.29 is 13.2 Å². The highest BCUT2D eigenvalue weighted by atomic mass is 32.2. The van der Waals surface area contributed by atoms with Crippen molar-refractivity contribution in [1.82, 2.24) is 5.32 Å². The molecule has 0 aliphatic rings. The Kier molecular flexibility index (Phi) is 6.55. The molecule has 4 N–H and O–H groups in total. The zero-order valence-electron chi connectivity index (χ0n) is 14.2. The van der Waals surface area contributed by atoms with Gasteiger partial charge in [0.2, 0.25) is 0 Å². The lowest BCUT2D eigenvalue weighted by molar-refractivity contribution is 0.0953. The van der Waals surface area contributed by atoms with Gasteiger partial charge in [0.1, 0.15) is 0 Å². The quantitative estimate of drug-likeness (QED) is 0.628. The molecule has 7 heteroatoms. The molecule has 0 heterocycles. The van der Waals surface area contributed by atoms with Crippen LogP contribution in [0, 0.1) is 6.92 Å². The monoisotopic (exact) mass is 361 g/mol. The summed E-state index contributed by atoms with van der Waals surface area (Å²) in [5, 5.41) is 2.78. The molecule has 6 nitrogen and oxygen atoms in total. The summed E-state index contributed by atoms with van der Waals surface area (Å²) in [5.41, 5.74) is 7.36. The van der Waals surface area contributed by atoms with Crippen molar-refractivity contribution in [2.75, 3.05) is 17.8 Å². The SMILES string of the molecule is Cc1ccc(NS(=O)(=O)c2ccc(C(=O)NCCCCN)cc2)cc1. The van der Waals surface area contributed by atoms with Crippen LogP contribution in [0.3, 0.4) is 0 Å². The molecule has 0 unspecified atom stereocenters. The topological polar surface area (TPSA) is 101 Å². The smallest absolute Gasteiger partial charge is 0.261 e. The van der Waals surface area contributed by atoms with E-state index in [2.05, 4.69) is 10.0 Å². The van der Waals surface area contributed by atoms with Gasteiger partial charge in [-0.25, -0.2) is 8.42 Å². The van der Waals surface area contributed by atoms with Crippen LogP contribution in [0.25, 0.3) is 0 Å². The first-order valence-electron chi connectivity index (χ1n) is 8.10. The Morgan fingerprint density at radius 3 is 2.24 bits per heavy atom. The van der Waals surface area contributed by atoms with E-state index < -0.39 is 10.0 Å². The van der Waals surface area contributed by atoms with Gasteiger partial charge in [-0.2, -0.15) is 0 Å². The molecular formula is C18H23N3O3S. The predicted octanol–water partition coefficient (Wildman–Crippen LogP) is 2.26. The number of carbonyl (C=O) groups excluding carboxylic acids is 1. The molecule has 2 rings (SSSR count). The highest BCUT2D eigenvalue weighted by Gasteiger charge is 2.15. The van der Waals surface area contributed by atoms with Crippen molar-refractivity contribution in [3.63, 3.8) is 0 Å². The molecule has 2 aromatic rings. The van der Waals surface area contributed by atoms with Gasteiger partial charge in [-0.15, -0.1) is 0 Å². The van der Waals surface area contributed by atoms with E-state index >= 15 is 0 Å². The molecule has 0 aliphatic carbocycles. The van der Waals surface area contributed by atoms with Gasteiger partial charge >= 0.3 is 0 Å². The van der Waals surface area contributed by atoms with Crippen LogP contribution in [0.5, 0.6) is 0 Å². The number of amides is 1. The second kappa shape index (κ2) is 8.64. The van der Waals surface area contributed by atoms with Crippen molar-refractivity contribution in [3.8, 4) is 0 Å². The maximum atomic E-state index is 12.4. The Balaban J connectivity index is 2.02. The Bertz CT molecular complexity index is 800. The first kappa shape index (κ1) is 19.0. The van der Waals surface area contributed by atoms with Crippen LogP contribution in [0.4, 0.5) is 5.69 Å². The summed E-state index contributed by atoms with van der Waals surface area (Å²) in [7, 11) is -3.69. The van der Waals surface area contributed by atoms with E-state index in [1.54, 1.807) is 12.1 Å². The second-order valence-corrected chi connectivity index (χ2v) is 7.43. The molecule has 2 aromatic carbocycles. The number of hydrogen-bond acceptors (Lipinski definition) is 4. The molecule has 25 heavy (non-hydrogen) atoms. The zero-order chi connectivity index (χ0) is 18.3. The predicted molar refractivity (Wildman–Crippen MR) is 99.1 cm³/mol. The van der Waals surface area contributed by atoms with Gasteiger partial charge in [0, 0.05) is 17.8 Å². The summed E-state index contributed by atoms with van der Waals surface area (Å²) in [6.45, 7) is 3.07. The summed E-state index contributed by atoms with van der Waals surface area (Å²) < 4.78 is 27.3. The van der Waals surface area contributed by atoms with Crippen LogP contribution >= 0.6 is 0 Å². The van der Waals surface area contributed by atoms with E-state index in [4.69, 9.17) is 5.73 Å². The third kappa shape index (κ3) is 5.58. The number of benzene rings is 2. The first-order valence-corrected chi connectivity index (χ1v) is 9.58. The molecule has 0 bridgehead atoms. The van der Waals surface area contributed by atoms with E-state index in [-0.39, 0.29) is 10.8 Å². The molecule has 0 radical (unpaired) electrons. The van der Waals surface area contributed by atoms with Crippen LogP contribution in [0.1, 0.15) is 28.8 Å². The highest BCUT2D eigenvalue weighted by Crippen LogP contribution is 2.17. The molecule has 0 spiro atoms. The van der Waals surface area contributed by atoms with Crippen LogP contribution in [0.2, 0.25) is 0 Å². The van der Waals surface area contributed by atoms with Crippen LogP contribution in [-0.4, -0.2) is 27.4 Å². The first-order chi connectivity index (χ1) is 11.9. The molecule has 0 saturated heterocycles.